The molecule has 4 rings (SSSR count). The highest BCUT2D eigenvalue weighted by Crippen LogP contribution is 2.21. The molecular formula is C22H25N5O2S2. The first-order chi connectivity index (χ1) is 15.1. The number of unbranched alkanes of at least 4 members (excludes halogenated alkanes) is 3. The zero-order valence-electron chi connectivity index (χ0n) is 17.1. The van der Waals surface area contributed by atoms with Crippen molar-refractivity contribution in [3.05, 3.63) is 67.0 Å². The van der Waals surface area contributed by atoms with Gasteiger partial charge >= 0.3 is 0 Å². The molecule has 9 heteroatoms. The molecule has 2 heterocycles. The topological polar surface area (TPSA) is 88.4 Å². The van der Waals surface area contributed by atoms with E-state index in [2.05, 4.69) is 19.4 Å². The number of sulfonamides is 1. The first-order valence-electron chi connectivity index (χ1n) is 10.3. The quantitative estimate of drug-likeness (QED) is 0.327. The summed E-state index contributed by atoms with van der Waals surface area (Å²) in [6.07, 6.45) is 7.46. The van der Waals surface area contributed by atoms with Crippen LogP contribution in [0.2, 0.25) is 0 Å². The molecule has 162 valence electrons. The van der Waals surface area contributed by atoms with Gasteiger partial charge in [0, 0.05) is 37.0 Å². The molecule has 31 heavy (non-hydrogen) atoms. The Hall–Kier alpha value is -2.75. The van der Waals surface area contributed by atoms with E-state index in [1.54, 1.807) is 18.3 Å². The van der Waals surface area contributed by atoms with Crippen LogP contribution in [0.15, 0.2) is 71.9 Å². The van der Waals surface area contributed by atoms with Crippen molar-refractivity contribution >= 4 is 32.5 Å². The molecule has 0 amide bonds. The van der Waals surface area contributed by atoms with E-state index in [0.717, 1.165) is 54.3 Å². The van der Waals surface area contributed by atoms with Gasteiger partial charge in [0.05, 0.1) is 4.90 Å². The highest BCUT2D eigenvalue weighted by Gasteiger charge is 2.13. The number of hydrogen-bond donors (Lipinski definition) is 2. The molecule has 0 fully saturated rings. The van der Waals surface area contributed by atoms with Crippen LogP contribution in [-0.4, -0.2) is 35.3 Å². The van der Waals surface area contributed by atoms with E-state index in [1.165, 1.54) is 11.5 Å². The van der Waals surface area contributed by atoms with Gasteiger partial charge < -0.3 is 5.32 Å². The summed E-state index contributed by atoms with van der Waals surface area (Å²) in [5.41, 5.74) is 2.07. The Bertz CT molecular complexity index is 1200. The molecule has 2 aromatic carbocycles. The molecule has 0 aliphatic heterocycles. The normalized spacial score (nSPS) is 11.7. The number of nitrogens with zero attached hydrogens (tertiary/aromatic N) is 3. The fraction of sp³-hybridized carbons (Fsp3) is 0.273. The first-order valence-corrected chi connectivity index (χ1v) is 12.6. The summed E-state index contributed by atoms with van der Waals surface area (Å²) in [5, 5.41) is 3.32. The molecule has 4 aromatic rings. The SMILES string of the molecule is O=S(=O)(NCCCCCCNc1nsc2nccn12)c1ccc(-c2ccccc2)cc1. The lowest BCUT2D eigenvalue weighted by Gasteiger charge is -2.08. The highest BCUT2D eigenvalue weighted by atomic mass is 32.2. The van der Waals surface area contributed by atoms with Crippen LogP contribution >= 0.6 is 11.5 Å². The number of hydrogen-bond acceptors (Lipinski definition) is 6. The van der Waals surface area contributed by atoms with Gasteiger partial charge in [0.25, 0.3) is 0 Å². The minimum atomic E-state index is -3.48. The zero-order valence-corrected chi connectivity index (χ0v) is 18.7. The second-order valence-electron chi connectivity index (χ2n) is 7.22. The molecule has 7 nitrogen and oxygen atoms in total. The Morgan fingerprint density at radius 2 is 1.58 bits per heavy atom. The van der Waals surface area contributed by atoms with Crippen molar-refractivity contribution in [2.45, 2.75) is 30.6 Å². The van der Waals surface area contributed by atoms with Gasteiger partial charge in [0.1, 0.15) is 0 Å². The van der Waals surface area contributed by atoms with E-state index in [0.29, 0.717) is 11.4 Å². The third-order valence-electron chi connectivity index (χ3n) is 5.00. The lowest BCUT2D eigenvalue weighted by Crippen LogP contribution is -2.24. The number of imidazole rings is 1. The van der Waals surface area contributed by atoms with E-state index in [9.17, 15) is 8.42 Å². The number of aromatic nitrogens is 3. The Balaban J connectivity index is 1.15. The first kappa shape index (κ1) is 21.5. The second kappa shape index (κ2) is 10.0. The van der Waals surface area contributed by atoms with Gasteiger partial charge in [-0.2, -0.15) is 4.37 Å². The maximum atomic E-state index is 12.5. The van der Waals surface area contributed by atoms with Crippen LogP contribution in [0.5, 0.6) is 0 Å². The Labute approximate surface area is 186 Å². The monoisotopic (exact) mass is 455 g/mol. The van der Waals surface area contributed by atoms with Crippen molar-refractivity contribution in [1.82, 2.24) is 18.5 Å². The summed E-state index contributed by atoms with van der Waals surface area (Å²) in [7, 11) is -3.48. The molecule has 2 N–H and O–H groups in total. The molecule has 0 radical (unpaired) electrons. The van der Waals surface area contributed by atoms with Gasteiger partial charge in [-0.1, -0.05) is 55.3 Å². The molecule has 0 saturated carbocycles. The predicted molar refractivity (Wildman–Crippen MR) is 125 cm³/mol. The fourth-order valence-corrected chi connectivity index (χ4v) is 5.05. The Kier molecular flexibility index (Phi) is 6.96. The third kappa shape index (κ3) is 5.49. The molecule has 0 aliphatic rings. The van der Waals surface area contributed by atoms with Gasteiger partial charge in [-0.25, -0.2) is 18.1 Å². The van der Waals surface area contributed by atoms with Crippen molar-refractivity contribution < 1.29 is 8.42 Å². The zero-order chi connectivity index (χ0) is 21.5. The number of anilines is 1. The summed E-state index contributed by atoms with van der Waals surface area (Å²) in [5.74, 6) is 0.823. The van der Waals surface area contributed by atoms with Crippen molar-refractivity contribution in [3.8, 4) is 11.1 Å². The van der Waals surface area contributed by atoms with Gasteiger partial charge in [0.15, 0.2) is 0 Å². The summed E-state index contributed by atoms with van der Waals surface area (Å²) < 4.78 is 34.0. The minimum Gasteiger partial charge on any atom is -0.355 e. The van der Waals surface area contributed by atoms with Gasteiger partial charge in [-0.15, -0.1) is 0 Å². The van der Waals surface area contributed by atoms with Crippen molar-refractivity contribution in [3.63, 3.8) is 0 Å². The van der Waals surface area contributed by atoms with E-state index in [1.807, 2.05) is 53.1 Å². The third-order valence-corrected chi connectivity index (χ3v) is 7.21. The van der Waals surface area contributed by atoms with Gasteiger partial charge in [-0.3, -0.25) is 4.40 Å². The van der Waals surface area contributed by atoms with Gasteiger partial charge in [-0.05, 0) is 36.1 Å². The lowest BCUT2D eigenvalue weighted by atomic mass is 10.1. The van der Waals surface area contributed by atoms with E-state index >= 15 is 0 Å². The molecule has 0 spiro atoms. The van der Waals surface area contributed by atoms with Crippen molar-refractivity contribution in [1.29, 1.82) is 0 Å². The van der Waals surface area contributed by atoms with Crippen molar-refractivity contribution in [2.24, 2.45) is 0 Å². The van der Waals surface area contributed by atoms with Crippen LogP contribution in [0.3, 0.4) is 0 Å². The average Bonchev–Trinajstić information content (AvgIpc) is 3.41. The highest BCUT2D eigenvalue weighted by molar-refractivity contribution is 7.89. The number of benzene rings is 2. The average molecular weight is 456 g/mol. The molecule has 0 atom stereocenters. The maximum absolute atomic E-state index is 12.5. The Morgan fingerprint density at radius 3 is 2.35 bits per heavy atom. The molecular weight excluding hydrogens is 430 g/mol. The number of rotatable bonds is 11. The lowest BCUT2D eigenvalue weighted by molar-refractivity contribution is 0.573. The van der Waals surface area contributed by atoms with E-state index < -0.39 is 10.0 Å². The molecule has 0 bridgehead atoms. The molecule has 2 aromatic heterocycles. The Morgan fingerprint density at radius 1 is 0.871 bits per heavy atom. The standard InChI is InChI=1S/C22H25N5O2S2/c28-31(29,20-12-10-19(11-13-20)18-8-4-3-5-9-18)25-15-7-2-1-6-14-23-21-26-30-22-24-16-17-27(21)22/h3-5,8-13,16-17,25H,1-2,6-7,14-15H2,(H,23,26). The van der Waals surface area contributed by atoms with Crippen LogP contribution in [0, 0.1) is 0 Å². The second-order valence-corrected chi connectivity index (χ2v) is 9.71. The predicted octanol–water partition coefficient (Wildman–Crippen LogP) is 4.41. The van der Waals surface area contributed by atoms with Crippen LogP contribution < -0.4 is 10.0 Å². The number of fused-ring (bicyclic) bond motifs is 1. The van der Waals surface area contributed by atoms with Crippen LogP contribution in [0.25, 0.3) is 16.1 Å². The summed E-state index contributed by atoms with van der Waals surface area (Å²) in [6, 6.07) is 16.9. The fourth-order valence-electron chi connectivity index (χ4n) is 3.31. The van der Waals surface area contributed by atoms with E-state index in [-0.39, 0.29) is 0 Å². The maximum Gasteiger partial charge on any atom is 0.240 e. The minimum absolute atomic E-state index is 0.297. The van der Waals surface area contributed by atoms with Gasteiger partial charge in [0.2, 0.25) is 20.9 Å². The molecule has 0 unspecified atom stereocenters. The largest absolute Gasteiger partial charge is 0.355 e. The summed E-state index contributed by atoms with van der Waals surface area (Å²) in [6.45, 7) is 1.27. The van der Waals surface area contributed by atoms with E-state index in [4.69, 9.17) is 0 Å². The summed E-state index contributed by atoms with van der Waals surface area (Å²) >= 11 is 1.37. The number of nitrogens with one attached hydrogen (secondary N) is 2. The molecule has 0 aliphatic carbocycles. The molecule has 0 saturated heterocycles. The smallest absolute Gasteiger partial charge is 0.240 e. The van der Waals surface area contributed by atoms with Crippen LogP contribution in [-0.2, 0) is 10.0 Å². The van der Waals surface area contributed by atoms with Crippen LogP contribution in [0.4, 0.5) is 5.95 Å². The summed E-state index contributed by atoms with van der Waals surface area (Å²) in [4.78, 5) is 5.38. The van der Waals surface area contributed by atoms with Crippen molar-refractivity contribution in [2.75, 3.05) is 18.4 Å². The van der Waals surface area contributed by atoms with Crippen LogP contribution in [0.1, 0.15) is 25.7 Å².